The van der Waals surface area contributed by atoms with E-state index in [-0.39, 0.29) is 23.3 Å². The quantitative estimate of drug-likeness (QED) is 0.559. The van der Waals surface area contributed by atoms with E-state index in [0.717, 1.165) is 10.0 Å². The van der Waals surface area contributed by atoms with Gasteiger partial charge in [0.2, 0.25) is 5.91 Å². The summed E-state index contributed by atoms with van der Waals surface area (Å²) >= 11 is 4.80. The normalized spacial score (nSPS) is 20.8. The smallest absolute Gasteiger partial charge is 0.333 e. The Hall–Kier alpha value is -2.52. The zero-order valence-electron chi connectivity index (χ0n) is 19.3. The molecule has 1 aromatic carbocycles. The fourth-order valence-electron chi connectivity index (χ4n) is 4.32. The van der Waals surface area contributed by atoms with E-state index in [1.807, 2.05) is 19.9 Å². The van der Waals surface area contributed by atoms with Crippen molar-refractivity contribution in [1.29, 1.82) is 0 Å². The van der Waals surface area contributed by atoms with Crippen LogP contribution in [0.3, 0.4) is 0 Å². The number of carbonyl (C=O) groups is 3. The molecule has 0 radical (unpaired) electrons. The highest BCUT2D eigenvalue weighted by Crippen LogP contribution is 2.47. The Labute approximate surface area is 205 Å². The summed E-state index contributed by atoms with van der Waals surface area (Å²) in [6.07, 6.45) is 3.02. The number of aliphatic carboxylic acids is 1. The molecule has 7 nitrogen and oxygen atoms in total. The maximum absolute atomic E-state index is 14.0. The van der Waals surface area contributed by atoms with E-state index >= 15 is 0 Å². The number of primary amides is 1. The Morgan fingerprint density at radius 3 is 2.42 bits per heavy atom. The first kappa shape index (κ1) is 25.1. The molecule has 2 atom stereocenters. The third-order valence-electron chi connectivity index (χ3n) is 5.68. The summed E-state index contributed by atoms with van der Waals surface area (Å²) < 4.78 is 0.749. The molecule has 2 aromatic rings. The predicted octanol–water partition coefficient (Wildman–Crippen LogP) is 4.68. The molecular formula is C24H28BrN3O4S. The van der Waals surface area contributed by atoms with Crippen LogP contribution in [-0.2, 0) is 15.0 Å². The number of nitrogens with two attached hydrogens (primary N) is 1. The van der Waals surface area contributed by atoms with Gasteiger partial charge in [-0.05, 0) is 41.5 Å². The molecule has 0 aliphatic carbocycles. The van der Waals surface area contributed by atoms with E-state index < -0.39 is 29.4 Å². The molecule has 1 aliphatic rings. The molecule has 0 bridgehead atoms. The molecule has 2 amide bonds. The van der Waals surface area contributed by atoms with Crippen molar-refractivity contribution in [3.8, 4) is 0 Å². The standard InChI is InChI=1S/C24H28BrN3O4S/c1-13(2)11-24(22(31)32)12-15(19(26)29)18(20-27-8-9-33-20)28(24)21(30)14-6-7-16(17(25)10-14)23(3,4)5/h6-10,12-13,18H,11H2,1-5H3,(H2,26,29)(H,31,32)/t18-,24+/m1/s1. The number of benzene rings is 1. The fraction of sp³-hybridized carbons (Fsp3) is 0.417. The van der Waals surface area contributed by atoms with Crippen molar-refractivity contribution in [3.05, 3.63) is 62.0 Å². The monoisotopic (exact) mass is 533 g/mol. The molecule has 1 aliphatic heterocycles. The van der Waals surface area contributed by atoms with E-state index in [1.165, 1.54) is 22.3 Å². The van der Waals surface area contributed by atoms with Gasteiger partial charge in [0.15, 0.2) is 5.54 Å². The van der Waals surface area contributed by atoms with Gasteiger partial charge in [0.1, 0.15) is 11.0 Å². The minimum absolute atomic E-state index is 0.0618. The van der Waals surface area contributed by atoms with Gasteiger partial charge in [-0.1, -0.05) is 56.6 Å². The van der Waals surface area contributed by atoms with E-state index in [0.29, 0.717) is 10.6 Å². The summed E-state index contributed by atoms with van der Waals surface area (Å²) in [6.45, 7) is 9.94. The third-order valence-corrected chi connectivity index (χ3v) is 7.16. The Bertz CT molecular complexity index is 1120. The number of hydrogen-bond acceptors (Lipinski definition) is 5. The molecular weight excluding hydrogens is 506 g/mol. The number of hydrogen-bond donors (Lipinski definition) is 2. The van der Waals surface area contributed by atoms with Crippen LogP contribution in [0.15, 0.2) is 45.9 Å². The van der Waals surface area contributed by atoms with E-state index in [4.69, 9.17) is 5.73 Å². The number of rotatable bonds is 6. The second-order valence-electron chi connectivity index (χ2n) is 9.68. The van der Waals surface area contributed by atoms with Crippen LogP contribution in [0.5, 0.6) is 0 Å². The molecule has 0 saturated heterocycles. The Morgan fingerprint density at radius 2 is 1.97 bits per heavy atom. The van der Waals surface area contributed by atoms with Crippen molar-refractivity contribution in [1.82, 2.24) is 9.88 Å². The molecule has 33 heavy (non-hydrogen) atoms. The van der Waals surface area contributed by atoms with E-state index in [1.54, 1.807) is 23.7 Å². The first-order valence-electron chi connectivity index (χ1n) is 10.6. The molecule has 3 N–H and O–H groups in total. The van der Waals surface area contributed by atoms with Gasteiger partial charge in [-0.2, -0.15) is 0 Å². The highest BCUT2D eigenvalue weighted by Gasteiger charge is 2.56. The van der Waals surface area contributed by atoms with Gasteiger partial charge in [0.25, 0.3) is 5.91 Å². The highest BCUT2D eigenvalue weighted by molar-refractivity contribution is 9.10. The zero-order chi connectivity index (χ0) is 24.7. The Balaban J connectivity index is 2.23. The van der Waals surface area contributed by atoms with Crippen molar-refractivity contribution in [3.63, 3.8) is 0 Å². The molecule has 9 heteroatoms. The van der Waals surface area contributed by atoms with Gasteiger partial charge in [-0.15, -0.1) is 11.3 Å². The lowest BCUT2D eigenvalue weighted by molar-refractivity contribution is -0.148. The van der Waals surface area contributed by atoms with Crippen LogP contribution in [0, 0.1) is 5.92 Å². The average Bonchev–Trinajstić information content (AvgIpc) is 3.32. The van der Waals surface area contributed by atoms with Crippen LogP contribution in [0.25, 0.3) is 0 Å². The Kier molecular flexibility index (Phi) is 6.87. The molecule has 1 aromatic heterocycles. The second kappa shape index (κ2) is 9.02. The maximum Gasteiger partial charge on any atom is 0.333 e. The largest absolute Gasteiger partial charge is 0.479 e. The average molecular weight is 534 g/mol. The van der Waals surface area contributed by atoms with Crippen molar-refractivity contribution in [2.24, 2.45) is 11.7 Å². The van der Waals surface area contributed by atoms with Gasteiger partial charge in [0, 0.05) is 27.2 Å². The lowest BCUT2D eigenvalue weighted by atomic mass is 9.86. The number of aromatic nitrogens is 1. The molecule has 176 valence electrons. The SMILES string of the molecule is CC(C)C[C@@]1(C(=O)O)C=C(C(N)=O)[C@H](c2nccs2)N1C(=O)c1ccc(C(C)(C)C)c(Br)c1. The lowest BCUT2D eigenvalue weighted by Gasteiger charge is -2.39. The van der Waals surface area contributed by atoms with Crippen LogP contribution in [0.4, 0.5) is 0 Å². The minimum atomic E-state index is -1.73. The van der Waals surface area contributed by atoms with Gasteiger partial charge in [-0.25, -0.2) is 9.78 Å². The summed E-state index contributed by atoms with van der Waals surface area (Å²) in [4.78, 5) is 44.7. The van der Waals surface area contributed by atoms with Crippen LogP contribution >= 0.6 is 27.3 Å². The number of halogens is 1. The fourth-order valence-corrected chi connectivity index (χ4v) is 6.04. The molecule has 0 spiro atoms. The summed E-state index contributed by atoms with van der Waals surface area (Å²) in [6, 6.07) is 4.27. The third kappa shape index (κ3) is 4.61. The van der Waals surface area contributed by atoms with Gasteiger partial charge in [-0.3, -0.25) is 9.59 Å². The Morgan fingerprint density at radius 1 is 1.30 bits per heavy atom. The number of amides is 2. The van der Waals surface area contributed by atoms with Crippen LogP contribution in [-0.4, -0.2) is 38.3 Å². The number of nitrogens with zero attached hydrogens (tertiary/aromatic N) is 2. The number of carbonyl (C=O) groups excluding carboxylic acids is 2. The highest BCUT2D eigenvalue weighted by atomic mass is 79.9. The first-order valence-corrected chi connectivity index (χ1v) is 12.3. The van der Waals surface area contributed by atoms with Crippen molar-refractivity contribution >= 4 is 45.1 Å². The van der Waals surface area contributed by atoms with Gasteiger partial charge in [0.05, 0.1) is 0 Å². The maximum atomic E-state index is 14.0. The molecule has 0 unspecified atom stereocenters. The minimum Gasteiger partial charge on any atom is -0.479 e. The predicted molar refractivity (Wildman–Crippen MR) is 131 cm³/mol. The number of thiazole rings is 1. The van der Waals surface area contributed by atoms with E-state index in [9.17, 15) is 19.5 Å². The van der Waals surface area contributed by atoms with Gasteiger partial charge >= 0.3 is 5.97 Å². The molecule has 2 heterocycles. The lowest BCUT2D eigenvalue weighted by Crippen LogP contribution is -2.55. The molecule has 0 saturated carbocycles. The molecule has 3 rings (SSSR count). The first-order chi connectivity index (χ1) is 15.3. The summed E-state index contributed by atoms with van der Waals surface area (Å²) in [5.74, 6) is -2.57. The topological polar surface area (TPSA) is 114 Å². The van der Waals surface area contributed by atoms with E-state index in [2.05, 4.69) is 41.7 Å². The summed E-state index contributed by atoms with van der Waals surface area (Å²) in [5.41, 5.74) is 5.17. The van der Waals surface area contributed by atoms with Crippen molar-refractivity contribution < 1.29 is 19.5 Å². The number of carboxylic acid groups (broad SMARTS) is 1. The van der Waals surface area contributed by atoms with Crippen molar-refractivity contribution in [2.45, 2.75) is 58.0 Å². The zero-order valence-corrected chi connectivity index (χ0v) is 21.7. The van der Waals surface area contributed by atoms with Crippen LogP contribution in [0.1, 0.15) is 68.0 Å². The second-order valence-corrected chi connectivity index (χ2v) is 11.5. The van der Waals surface area contributed by atoms with Gasteiger partial charge < -0.3 is 15.7 Å². The van der Waals surface area contributed by atoms with Crippen LogP contribution in [0.2, 0.25) is 0 Å². The van der Waals surface area contributed by atoms with Crippen LogP contribution < -0.4 is 5.73 Å². The summed E-state index contributed by atoms with van der Waals surface area (Å²) in [5, 5.41) is 12.5. The summed E-state index contributed by atoms with van der Waals surface area (Å²) in [7, 11) is 0. The van der Waals surface area contributed by atoms with Crippen molar-refractivity contribution in [2.75, 3.05) is 0 Å². The molecule has 0 fully saturated rings. The number of carboxylic acids is 1.